The van der Waals surface area contributed by atoms with E-state index in [0.29, 0.717) is 29.4 Å². The number of aromatic nitrogens is 4. The molecule has 0 amide bonds. The molecule has 3 aromatic heterocycles. The van der Waals surface area contributed by atoms with Crippen molar-refractivity contribution in [2.75, 3.05) is 24.6 Å². The number of alkyl halides is 9. The Morgan fingerprint density at radius 2 is 1.58 bits per heavy atom. The second-order valence-corrected chi connectivity index (χ2v) is 9.52. The fourth-order valence-electron chi connectivity index (χ4n) is 5.42. The first-order valence-electron chi connectivity index (χ1n) is 11.6. The Bertz CT molecular complexity index is 1300. The van der Waals surface area contributed by atoms with Crippen LogP contribution in [0.2, 0.25) is 0 Å². The van der Waals surface area contributed by atoms with Gasteiger partial charge in [0.2, 0.25) is 0 Å². The van der Waals surface area contributed by atoms with E-state index in [1.807, 2.05) is 4.90 Å². The Balaban J connectivity index is 1.38. The van der Waals surface area contributed by atoms with Crippen LogP contribution in [0, 0.1) is 17.8 Å². The molecule has 0 radical (unpaired) electrons. The zero-order valence-electron chi connectivity index (χ0n) is 19.4. The molecule has 0 spiro atoms. The van der Waals surface area contributed by atoms with Crippen LogP contribution in [-0.4, -0.2) is 45.5 Å². The molecule has 1 unspecified atom stereocenters. The number of rotatable bonds is 5. The average Bonchev–Trinajstić information content (AvgIpc) is 3.32. The molecule has 3 aromatic rings. The zero-order valence-corrected chi connectivity index (χ0v) is 19.4. The second kappa shape index (κ2) is 9.19. The van der Waals surface area contributed by atoms with Gasteiger partial charge in [-0.2, -0.15) is 44.6 Å². The van der Waals surface area contributed by atoms with Gasteiger partial charge in [0.25, 0.3) is 0 Å². The first-order valence-corrected chi connectivity index (χ1v) is 11.6. The van der Waals surface area contributed by atoms with E-state index in [4.69, 9.17) is 4.74 Å². The molecule has 5 rings (SSSR count). The Labute approximate surface area is 209 Å². The predicted octanol–water partition coefficient (Wildman–Crippen LogP) is 5.81. The maximum Gasteiger partial charge on any atom is 0.433 e. The van der Waals surface area contributed by atoms with Crippen molar-refractivity contribution in [3.63, 3.8) is 0 Å². The van der Waals surface area contributed by atoms with Crippen molar-refractivity contribution in [2.45, 2.75) is 37.8 Å². The van der Waals surface area contributed by atoms with Crippen LogP contribution in [0.4, 0.5) is 45.2 Å². The van der Waals surface area contributed by atoms with Gasteiger partial charge < -0.3 is 9.64 Å². The van der Waals surface area contributed by atoms with E-state index in [-0.39, 0.29) is 30.0 Å². The van der Waals surface area contributed by atoms with Crippen molar-refractivity contribution in [1.29, 1.82) is 0 Å². The molecule has 4 heterocycles. The van der Waals surface area contributed by atoms with E-state index in [0.717, 1.165) is 31.2 Å². The largest absolute Gasteiger partial charge is 0.480 e. The molecule has 1 aliphatic heterocycles. The lowest BCUT2D eigenvalue weighted by atomic mass is 9.82. The van der Waals surface area contributed by atoms with E-state index in [2.05, 4.69) is 15.1 Å². The third-order valence-electron chi connectivity index (χ3n) is 7.02. The summed E-state index contributed by atoms with van der Waals surface area (Å²) in [5.74, 6) is -0.472. The van der Waals surface area contributed by atoms with Gasteiger partial charge in [0.1, 0.15) is 11.4 Å². The summed E-state index contributed by atoms with van der Waals surface area (Å²) >= 11 is 0. The molecule has 3 atom stereocenters. The lowest BCUT2D eigenvalue weighted by Gasteiger charge is -2.39. The number of piperidine rings is 1. The number of pyridine rings is 2. The van der Waals surface area contributed by atoms with Crippen LogP contribution in [0.5, 0.6) is 5.75 Å². The minimum Gasteiger partial charge on any atom is -0.480 e. The molecule has 0 aromatic carbocycles. The normalized spacial score (nSPS) is 22.3. The first-order chi connectivity index (χ1) is 17.7. The Morgan fingerprint density at radius 1 is 0.895 bits per heavy atom. The third-order valence-corrected chi connectivity index (χ3v) is 7.02. The summed E-state index contributed by atoms with van der Waals surface area (Å²) in [5, 5.41) is 3.97. The molecule has 2 aliphatic rings. The van der Waals surface area contributed by atoms with Gasteiger partial charge in [0.15, 0.2) is 23.8 Å². The van der Waals surface area contributed by atoms with Gasteiger partial charge >= 0.3 is 18.5 Å². The SMILES string of the molecule is FC(F)(F)COc1ccc(C(F)(F)F)n2nc(CC3[C@@H]4CC[C@H]3CN(c3ccnc(C(F)(F)F)c3)C4)nc12. The molecule has 1 saturated carbocycles. The Hall–Kier alpha value is -3.26. The lowest BCUT2D eigenvalue weighted by molar-refractivity contribution is -0.153. The van der Waals surface area contributed by atoms with Crippen molar-refractivity contribution in [1.82, 2.24) is 19.6 Å². The fraction of sp³-hybridized carbons (Fsp3) is 0.522. The van der Waals surface area contributed by atoms with E-state index in [1.165, 1.54) is 6.07 Å². The molecular formula is C23H20F9N5O. The molecule has 6 nitrogen and oxygen atoms in total. The smallest absolute Gasteiger partial charge is 0.433 e. The summed E-state index contributed by atoms with van der Waals surface area (Å²) in [6, 6.07) is 3.86. The Morgan fingerprint density at radius 3 is 2.18 bits per heavy atom. The van der Waals surface area contributed by atoms with E-state index >= 15 is 0 Å². The molecular weight excluding hydrogens is 533 g/mol. The van der Waals surface area contributed by atoms with Crippen molar-refractivity contribution in [3.05, 3.63) is 47.7 Å². The maximum absolute atomic E-state index is 13.5. The zero-order chi connectivity index (χ0) is 27.5. The highest BCUT2D eigenvalue weighted by molar-refractivity contribution is 5.54. The highest BCUT2D eigenvalue weighted by atomic mass is 19.4. The summed E-state index contributed by atoms with van der Waals surface area (Å²) in [6.07, 6.45) is -11.3. The van der Waals surface area contributed by atoms with Crippen molar-refractivity contribution >= 4 is 11.3 Å². The fourth-order valence-corrected chi connectivity index (χ4v) is 5.42. The standard InChI is InChI=1S/C23H20F9N5O/c24-21(25,26)11-38-16-3-4-18(23(30,31)32)37-20(16)34-19(35-37)8-15-12-1-2-13(15)10-36(9-12)14-5-6-33-17(7-14)22(27,28)29/h3-7,12-13,15H,1-2,8-11H2/t12-,13+,15?. The number of ether oxygens (including phenoxy) is 1. The van der Waals surface area contributed by atoms with E-state index in [1.54, 1.807) is 0 Å². The van der Waals surface area contributed by atoms with E-state index < -0.39 is 47.9 Å². The van der Waals surface area contributed by atoms with Crippen LogP contribution >= 0.6 is 0 Å². The molecule has 206 valence electrons. The van der Waals surface area contributed by atoms with Crippen LogP contribution in [0.3, 0.4) is 0 Å². The molecule has 15 heteroatoms. The monoisotopic (exact) mass is 553 g/mol. The summed E-state index contributed by atoms with van der Waals surface area (Å²) in [4.78, 5) is 9.34. The number of anilines is 1. The van der Waals surface area contributed by atoms with Gasteiger partial charge in [-0.1, -0.05) is 0 Å². The van der Waals surface area contributed by atoms with Crippen LogP contribution in [0.25, 0.3) is 5.65 Å². The van der Waals surface area contributed by atoms with Crippen molar-refractivity contribution in [3.8, 4) is 5.75 Å². The molecule has 0 N–H and O–H groups in total. The summed E-state index contributed by atoms with van der Waals surface area (Å²) in [6.45, 7) is -0.836. The highest BCUT2D eigenvalue weighted by Gasteiger charge is 2.43. The van der Waals surface area contributed by atoms with Gasteiger partial charge in [-0.25, -0.2) is 9.50 Å². The number of halogens is 9. The number of fused-ring (bicyclic) bond motifs is 3. The predicted molar refractivity (Wildman–Crippen MR) is 114 cm³/mol. The highest BCUT2D eigenvalue weighted by Crippen LogP contribution is 2.45. The summed E-state index contributed by atoms with van der Waals surface area (Å²) < 4.78 is 123. The summed E-state index contributed by atoms with van der Waals surface area (Å²) in [7, 11) is 0. The van der Waals surface area contributed by atoms with Crippen LogP contribution < -0.4 is 9.64 Å². The molecule has 2 fully saturated rings. The van der Waals surface area contributed by atoms with Crippen molar-refractivity contribution < 1.29 is 44.3 Å². The van der Waals surface area contributed by atoms with Crippen LogP contribution in [0.1, 0.15) is 30.1 Å². The van der Waals surface area contributed by atoms with Gasteiger partial charge in [-0.15, -0.1) is 0 Å². The van der Waals surface area contributed by atoms with Gasteiger partial charge in [0, 0.05) is 31.4 Å². The maximum atomic E-state index is 13.5. The molecule has 38 heavy (non-hydrogen) atoms. The number of nitrogens with zero attached hydrogens (tertiary/aromatic N) is 5. The number of hydrogen-bond donors (Lipinski definition) is 0. The topological polar surface area (TPSA) is 55.6 Å². The summed E-state index contributed by atoms with van der Waals surface area (Å²) in [5.41, 5.74) is -2.29. The molecule has 2 bridgehead atoms. The van der Waals surface area contributed by atoms with Gasteiger partial charge in [-0.05, 0) is 54.9 Å². The second-order valence-electron chi connectivity index (χ2n) is 9.52. The molecule has 1 saturated heterocycles. The van der Waals surface area contributed by atoms with Crippen LogP contribution in [0.15, 0.2) is 30.5 Å². The molecule has 1 aliphatic carbocycles. The quantitative estimate of drug-likeness (QED) is 0.374. The van der Waals surface area contributed by atoms with Crippen molar-refractivity contribution in [2.24, 2.45) is 17.8 Å². The average molecular weight is 553 g/mol. The number of hydrogen-bond acceptors (Lipinski definition) is 5. The van der Waals surface area contributed by atoms with Gasteiger partial charge in [0.05, 0.1) is 0 Å². The lowest BCUT2D eigenvalue weighted by Crippen LogP contribution is -2.43. The Kier molecular flexibility index (Phi) is 6.37. The third kappa shape index (κ3) is 5.32. The van der Waals surface area contributed by atoms with E-state index in [9.17, 15) is 39.5 Å². The van der Waals surface area contributed by atoms with Crippen LogP contribution in [-0.2, 0) is 18.8 Å². The minimum atomic E-state index is -4.84. The minimum absolute atomic E-state index is 0.0194. The first kappa shape index (κ1) is 26.4. The van der Waals surface area contributed by atoms with Gasteiger partial charge in [-0.3, -0.25) is 4.98 Å².